The Morgan fingerprint density at radius 2 is 2.08 bits per heavy atom. The molecule has 3 nitrogen and oxygen atoms in total. The van der Waals surface area contributed by atoms with Crippen LogP contribution < -0.4 is 5.73 Å². The maximum absolute atomic E-state index is 12.7. The summed E-state index contributed by atoms with van der Waals surface area (Å²) in [6.45, 7) is -0.501. The molecule has 1 rings (SSSR count). The fourth-order valence-electron chi connectivity index (χ4n) is 1.17. The summed E-state index contributed by atoms with van der Waals surface area (Å²) in [5.74, 6) is -0.419. The topological polar surface area (TPSA) is 66.5 Å². The van der Waals surface area contributed by atoms with Crippen LogP contribution in [0.5, 0.6) is 0 Å². The van der Waals surface area contributed by atoms with E-state index in [9.17, 15) is 4.39 Å². The number of aliphatic hydroxyl groups is 2. The molecule has 1 aromatic rings. The van der Waals surface area contributed by atoms with Gasteiger partial charge in [0.1, 0.15) is 5.82 Å². The van der Waals surface area contributed by atoms with Crippen LogP contribution >= 0.6 is 0 Å². The minimum Gasteiger partial charge on any atom is -0.394 e. The first-order chi connectivity index (χ1) is 6.19. The van der Waals surface area contributed by atoms with Gasteiger partial charge in [0, 0.05) is 0 Å². The van der Waals surface area contributed by atoms with E-state index in [1.807, 2.05) is 0 Å². The van der Waals surface area contributed by atoms with Crippen LogP contribution in [0.2, 0.25) is 0 Å². The highest BCUT2D eigenvalue weighted by molar-refractivity contribution is 5.30. The molecule has 4 N–H and O–H groups in total. The molecule has 0 unspecified atom stereocenters. The smallest absolute Gasteiger partial charge is 0.123 e. The summed E-state index contributed by atoms with van der Waals surface area (Å²) in [5, 5.41) is 17.7. The molecule has 4 heteroatoms. The predicted octanol–water partition coefficient (Wildman–Crippen LogP) is 0.310. The van der Waals surface area contributed by atoms with Crippen molar-refractivity contribution in [1.82, 2.24) is 0 Å². The third kappa shape index (κ3) is 2.24. The molecule has 72 valence electrons. The average molecular weight is 185 g/mol. The molecule has 0 bridgehead atoms. The number of halogens is 1. The van der Waals surface area contributed by atoms with Crippen molar-refractivity contribution in [1.29, 1.82) is 0 Å². The van der Waals surface area contributed by atoms with Crippen molar-refractivity contribution >= 4 is 0 Å². The largest absolute Gasteiger partial charge is 0.394 e. The van der Waals surface area contributed by atoms with Gasteiger partial charge in [-0.3, -0.25) is 0 Å². The average Bonchev–Trinajstić information content (AvgIpc) is 2.16. The normalized spacial score (nSPS) is 12.9. The number of benzene rings is 1. The summed E-state index contributed by atoms with van der Waals surface area (Å²) in [6, 6.07) is 3.37. The summed E-state index contributed by atoms with van der Waals surface area (Å²) in [5.41, 5.74) is 6.53. The number of aliphatic hydroxyl groups excluding tert-OH is 2. The lowest BCUT2D eigenvalue weighted by Crippen LogP contribution is -2.16. The highest BCUT2D eigenvalue weighted by atomic mass is 19.1. The highest BCUT2D eigenvalue weighted by Crippen LogP contribution is 2.17. The molecule has 0 radical (unpaired) electrons. The van der Waals surface area contributed by atoms with E-state index in [2.05, 4.69) is 0 Å². The van der Waals surface area contributed by atoms with Crippen molar-refractivity contribution in [2.24, 2.45) is 5.73 Å². The van der Waals surface area contributed by atoms with Crippen molar-refractivity contribution < 1.29 is 14.6 Å². The summed E-state index contributed by atoms with van der Waals surface area (Å²) in [6.07, 6.45) is 0. The fourth-order valence-corrected chi connectivity index (χ4v) is 1.17. The molecule has 0 amide bonds. The van der Waals surface area contributed by atoms with E-state index in [1.54, 1.807) is 0 Å². The van der Waals surface area contributed by atoms with E-state index in [0.29, 0.717) is 11.1 Å². The number of hydrogen-bond acceptors (Lipinski definition) is 3. The van der Waals surface area contributed by atoms with Crippen LogP contribution in [0.1, 0.15) is 17.2 Å². The van der Waals surface area contributed by atoms with Gasteiger partial charge in [-0.05, 0) is 23.3 Å². The minimum atomic E-state index is -0.567. The quantitative estimate of drug-likeness (QED) is 0.635. The predicted molar refractivity (Wildman–Crippen MR) is 46.3 cm³/mol. The van der Waals surface area contributed by atoms with Gasteiger partial charge in [-0.15, -0.1) is 0 Å². The molecule has 0 aromatic heterocycles. The second kappa shape index (κ2) is 4.32. The van der Waals surface area contributed by atoms with Crippen LogP contribution in [0, 0.1) is 5.82 Å². The lowest BCUT2D eigenvalue weighted by atomic mass is 10.0. The Hall–Kier alpha value is -0.970. The molecule has 1 atom stereocenters. The van der Waals surface area contributed by atoms with Crippen LogP contribution in [0.3, 0.4) is 0 Å². The van der Waals surface area contributed by atoms with Gasteiger partial charge in [-0.25, -0.2) is 4.39 Å². The first-order valence-electron chi connectivity index (χ1n) is 3.94. The zero-order valence-electron chi connectivity index (χ0n) is 7.07. The number of rotatable bonds is 3. The lowest BCUT2D eigenvalue weighted by Gasteiger charge is -2.12. The van der Waals surface area contributed by atoms with E-state index in [-0.39, 0.29) is 13.2 Å². The SMILES string of the molecule is N[C@@H](CO)c1ccc(F)cc1CO. The lowest BCUT2D eigenvalue weighted by molar-refractivity contribution is 0.258. The Bertz CT molecular complexity index is 291. The summed E-state index contributed by atoms with van der Waals surface area (Å²) in [7, 11) is 0. The van der Waals surface area contributed by atoms with Crippen LogP contribution in [0.25, 0.3) is 0 Å². The first kappa shape index (κ1) is 10.1. The molecular weight excluding hydrogens is 173 g/mol. The van der Waals surface area contributed by atoms with Gasteiger partial charge in [0.15, 0.2) is 0 Å². The Morgan fingerprint density at radius 1 is 1.38 bits per heavy atom. The molecule has 0 aliphatic rings. The van der Waals surface area contributed by atoms with Gasteiger partial charge in [0.25, 0.3) is 0 Å². The van der Waals surface area contributed by atoms with E-state index in [4.69, 9.17) is 15.9 Å². The Kier molecular flexibility index (Phi) is 3.36. The zero-order chi connectivity index (χ0) is 9.84. The maximum Gasteiger partial charge on any atom is 0.123 e. The highest BCUT2D eigenvalue weighted by Gasteiger charge is 2.09. The standard InChI is InChI=1S/C9H12FNO2/c10-7-1-2-8(9(11)5-13)6(3-7)4-12/h1-3,9,12-13H,4-5,11H2/t9-/m0/s1. The number of nitrogens with two attached hydrogens (primary N) is 1. The van der Waals surface area contributed by atoms with Crippen molar-refractivity contribution in [2.75, 3.05) is 6.61 Å². The monoisotopic (exact) mass is 185 g/mol. The van der Waals surface area contributed by atoms with E-state index in [0.717, 1.165) is 0 Å². The van der Waals surface area contributed by atoms with Crippen LogP contribution in [-0.4, -0.2) is 16.8 Å². The second-order valence-corrected chi connectivity index (χ2v) is 2.79. The van der Waals surface area contributed by atoms with Crippen molar-refractivity contribution in [3.63, 3.8) is 0 Å². The van der Waals surface area contributed by atoms with E-state index < -0.39 is 11.9 Å². The molecule has 0 saturated carbocycles. The minimum absolute atomic E-state index is 0.224. The Labute approximate surface area is 75.6 Å². The third-order valence-corrected chi connectivity index (χ3v) is 1.87. The summed E-state index contributed by atoms with van der Waals surface area (Å²) in [4.78, 5) is 0. The van der Waals surface area contributed by atoms with Crippen LogP contribution in [0.15, 0.2) is 18.2 Å². The second-order valence-electron chi connectivity index (χ2n) is 2.79. The van der Waals surface area contributed by atoms with Gasteiger partial charge < -0.3 is 15.9 Å². The molecule has 0 aliphatic carbocycles. The molecule has 0 fully saturated rings. The molecule has 0 saturated heterocycles. The van der Waals surface area contributed by atoms with Crippen molar-refractivity contribution in [3.05, 3.63) is 35.1 Å². The zero-order valence-corrected chi connectivity index (χ0v) is 7.07. The Morgan fingerprint density at radius 3 is 2.62 bits per heavy atom. The fraction of sp³-hybridized carbons (Fsp3) is 0.333. The summed E-state index contributed by atoms with van der Waals surface area (Å²) < 4.78 is 12.7. The Balaban J connectivity index is 3.05. The molecule has 0 heterocycles. The third-order valence-electron chi connectivity index (χ3n) is 1.87. The van der Waals surface area contributed by atoms with Gasteiger partial charge in [0.05, 0.1) is 19.3 Å². The number of hydrogen-bond donors (Lipinski definition) is 3. The first-order valence-corrected chi connectivity index (χ1v) is 3.94. The van der Waals surface area contributed by atoms with Gasteiger partial charge in [-0.1, -0.05) is 6.07 Å². The van der Waals surface area contributed by atoms with Crippen molar-refractivity contribution in [3.8, 4) is 0 Å². The maximum atomic E-state index is 12.7. The molecule has 13 heavy (non-hydrogen) atoms. The van der Waals surface area contributed by atoms with Gasteiger partial charge >= 0.3 is 0 Å². The van der Waals surface area contributed by atoms with Crippen LogP contribution in [0.4, 0.5) is 4.39 Å². The van der Waals surface area contributed by atoms with Gasteiger partial charge in [-0.2, -0.15) is 0 Å². The van der Waals surface area contributed by atoms with Crippen LogP contribution in [-0.2, 0) is 6.61 Å². The molecule has 1 aromatic carbocycles. The van der Waals surface area contributed by atoms with Gasteiger partial charge in [0.2, 0.25) is 0 Å². The molecular formula is C9H12FNO2. The van der Waals surface area contributed by atoms with Crippen molar-refractivity contribution in [2.45, 2.75) is 12.6 Å². The summed E-state index contributed by atoms with van der Waals surface area (Å²) >= 11 is 0. The van der Waals surface area contributed by atoms with E-state index in [1.165, 1.54) is 18.2 Å². The van der Waals surface area contributed by atoms with E-state index >= 15 is 0 Å². The molecule has 0 spiro atoms. The molecule has 0 aliphatic heterocycles.